The summed E-state index contributed by atoms with van der Waals surface area (Å²) in [4.78, 5) is 0. The van der Waals surface area contributed by atoms with E-state index in [1.54, 1.807) is 0 Å². The van der Waals surface area contributed by atoms with Gasteiger partial charge in [0.1, 0.15) is 6.17 Å². The Bertz CT molecular complexity index is 340. The van der Waals surface area contributed by atoms with Gasteiger partial charge in [-0.2, -0.15) is 0 Å². The van der Waals surface area contributed by atoms with Crippen molar-refractivity contribution in [2.24, 2.45) is 0 Å². The fourth-order valence-electron chi connectivity index (χ4n) is 1.72. The SMILES string of the molecule is Fc1cccc([C@H]2C[C@H](F)CN2)c1F. The first-order valence-corrected chi connectivity index (χ1v) is 4.50. The number of benzene rings is 1. The van der Waals surface area contributed by atoms with E-state index < -0.39 is 23.8 Å². The van der Waals surface area contributed by atoms with Gasteiger partial charge in [-0.1, -0.05) is 12.1 Å². The molecule has 0 radical (unpaired) electrons. The van der Waals surface area contributed by atoms with Gasteiger partial charge >= 0.3 is 0 Å². The van der Waals surface area contributed by atoms with Crippen LogP contribution in [0.2, 0.25) is 0 Å². The summed E-state index contributed by atoms with van der Waals surface area (Å²) in [7, 11) is 0. The minimum atomic E-state index is -0.970. The molecule has 0 unspecified atom stereocenters. The molecule has 1 aromatic carbocycles. The molecular formula is C10H10F3N. The molecule has 0 saturated carbocycles. The number of hydrogen-bond donors (Lipinski definition) is 1. The number of nitrogens with one attached hydrogen (secondary N) is 1. The minimum absolute atomic E-state index is 0.209. The van der Waals surface area contributed by atoms with Gasteiger partial charge in [0, 0.05) is 18.2 Å². The summed E-state index contributed by atoms with van der Waals surface area (Å²) in [6, 6.07) is 3.57. The largest absolute Gasteiger partial charge is 0.307 e. The molecule has 0 aliphatic carbocycles. The van der Waals surface area contributed by atoms with Gasteiger partial charge in [-0.25, -0.2) is 13.2 Å². The van der Waals surface area contributed by atoms with Crippen LogP contribution in [-0.2, 0) is 0 Å². The molecule has 0 bridgehead atoms. The molecule has 4 heteroatoms. The van der Waals surface area contributed by atoms with Gasteiger partial charge in [0.25, 0.3) is 0 Å². The Morgan fingerprint density at radius 3 is 2.71 bits per heavy atom. The van der Waals surface area contributed by atoms with Crippen LogP contribution in [0, 0.1) is 11.6 Å². The summed E-state index contributed by atoms with van der Waals surface area (Å²) in [5, 5.41) is 2.81. The van der Waals surface area contributed by atoms with Crippen molar-refractivity contribution in [1.29, 1.82) is 0 Å². The van der Waals surface area contributed by atoms with Crippen LogP contribution in [-0.4, -0.2) is 12.7 Å². The van der Waals surface area contributed by atoms with Crippen molar-refractivity contribution < 1.29 is 13.2 Å². The molecule has 0 amide bonds. The fourth-order valence-corrected chi connectivity index (χ4v) is 1.72. The Morgan fingerprint density at radius 1 is 1.29 bits per heavy atom. The average molecular weight is 201 g/mol. The van der Waals surface area contributed by atoms with E-state index in [0.717, 1.165) is 6.07 Å². The highest BCUT2D eigenvalue weighted by atomic mass is 19.2. The van der Waals surface area contributed by atoms with Crippen molar-refractivity contribution in [3.05, 3.63) is 35.4 Å². The first kappa shape index (κ1) is 9.52. The second-order valence-corrected chi connectivity index (χ2v) is 3.44. The normalized spacial score (nSPS) is 26.8. The molecule has 1 N–H and O–H groups in total. The van der Waals surface area contributed by atoms with E-state index in [4.69, 9.17) is 0 Å². The third-order valence-corrected chi connectivity index (χ3v) is 2.43. The number of rotatable bonds is 1. The van der Waals surface area contributed by atoms with Crippen LogP contribution in [0.4, 0.5) is 13.2 Å². The molecule has 1 saturated heterocycles. The lowest BCUT2D eigenvalue weighted by Crippen LogP contribution is -2.15. The van der Waals surface area contributed by atoms with Gasteiger partial charge in [-0.3, -0.25) is 0 Å². The summed E-state index contributed by atoms with van der Waals surface area (Å²) >= 11 is 0. The molecule has 14 heavy (non-hydrogen) atoms. The lowest BCUT2D eigenvalue weighted by molar-refractivity contribution is 0.354. The van der Waals surface area contributed by atoms with Gasteiger partial charge < -0.3 is 5.32 Å². The monoisotopic (exact) mass is 201 g/mol. The average Bonchev–Trinajstić information content (AvgIpc) is 2.57. The third kappa shape index (κ3) is 1.62. The Labute approximate surface area is 79.9 Å². The predicted molar refractivity (Wildman–Crippen MR) is 46.6 cm³/mol. The molecular weight excluding hydrogens is 191 g/mol. The van der Waals surface area contributed by atoms with Crippen LogP contribution in [0.3, 0.4) is 0 Å². The van der Waals surface area contributed by atoms with Crippen LogP contribution in [0.25, 0.3) is 0 Å². The van der Waals surface area contributed by atoms with Crippen LogP contribution in [0.1, 0.15) is 18.0 Å². The topological polar surface area (TPSA) is 12.0 Å². The second-order valence-electron chi connectivity index (χ2n) is 3.44. The van der Waals surface area contributed by atoms with Gasteiger partial charge in [0.2, 0.25) is 0 Å². The molecule has 0 spiro atoms. The maximum atomic E-state index is 13.2. The zero-order valence-corrected chi connectivity index (χ0v) is 7.43. The van der Waals surface area contributed by atoms with Crippen molar-refractivity contribution in [2.45, 2.75) is 18.6 Å². The standard InChI is InChI=1S/C10H10F3N/c11-6-4-9(14-5-6)7-2-1-3-8(12)10(7)13/h1-3,6,9,14H,4-5H2/t6-,9+/m0/s1. The van der Waals surface area contributed by atoms with E-state index in [9.17, 15) is 13.2 Å². The summed E-state index contributed by atoms with van der Waals surface area (Å²) in [6.07, 6.45) is -0.761. The van der Waals surface area contributed by atoms with Crippen LogP contribution >= 0.6 is 0 Å². The maximum Gasteiger partial charge on any atom is 0.163 e. The summed E-state index contributed by atoms with van der Waals surface area (Å²) < 4.78 is 38.9. The quantitative estimate of drug-likeness (QED) is 0.735. The highest BCUT2D eigenvalue weighted by Crippen LogP contribution is 2.27. The Morgan fingerprint density at radius 2 is 2.07 bits per heavy atom. The van der Waals surface area contributed by atoms with E-state index in [-0.39, 0.29) is 18.5 Å². The first-order valence-electron chi connectivity index (χ1n) is 4.50. The fraction of sp³-hybridized carbons (Fsp3) is 0.400. The van der Waals surface area contributed by atoms with Gasteiger partial charge in [0.05, 0.1) is 0 Å². The van der Waals surface area contributed by atoms with Crippen LogP contribution < -0.4 is 5.32 Å². The molecule has 1 fully saturated rings. The number of alkyl halides is 1. The number of halogens is 3. The molecule has 1 aliphatic rings. The van der Waals surface area contributed by atoms with Crippen molar-refractivity contribution in [3.8, 4) is 0 Å². The third-order valence-electron chi connectivity index (χ3n) is 2.43. The zero-order valence-electron chi connectivity index (χ0n) is 7.43. The lowest BCUT2D eigenvalue weighted by Gasteiger charge is -2.11. The highest BCUT2D eigenvalue weighted by molar-refractivity contribution is 5.23. The molecule has 1 aliphatic heterocycles. The first-order chi connectivity index (χ1) is 6.68. The van der Waals surface area contributed by atoms with Crippen molar-refractivity contribution in [1.82, 2.24) is 5.32 Å². The summed E-state index contributed by atoms with van der Waals surface area (Å²) in [5.41, 5.74) is 0.213. The molecule has 1 nitrogen and oxygen atoms in total. The van der Waals surface area contributed by atoms with Crippen molar-refractivity contribution in [2.75, 3.05) is 6.54 Å². The van der Waals surface area contributed by atoms with Crippen molar-refractivity contribution >= 4 is 0 Å². The van der Waals surface area contributed by atoms with E-state index in [2.05, 4.69) is 5.32 Å². The van der Waals surface area contributed by atoms with Gasteiger partial charge in [0.15, 0.2) is 11.6 Å². The lowest BCUT2D eigenvalue weighted by atomic mass is 10.0. The molecule has 76 valence electrons. The van der Waals surface area contributed by atoms with E-state index in [0.29, 0.717) is 0 Å². The molecule has 0 aromatic heterocycles. The molecule has 1 heterocycles. The predicted octanol–water partition coefficient (Wildman–Crippen LogP) is 2.34. The van der Waals surface area contributed by atoms with E-state index in [1.165, 1.54) is 12.1 Å². The van der Waals surface area contributed by atoms with Gasteiger partial charge in [-0.05, 0) is 12.5 Å². The Hall–Kier alpha value is -1.03. The smallest absolute Gasteiger partial charge is 0.163 e. The summed E-state index contributed by atoms with van der Waals surface area (Å²) in [5.74, 6) is -1.76. The molecule has 1 aromatic rings. The highest BCUT2D eigenvalue weighted by Gasteiger charge is 2.27. The van der Waals surface area contributed by atoms with Crippen LogP contribution in [0.5, 0.6) is 0 Å². The van der Waals surface area contributed by atoms with E-state index >= 15 is 0 Å². The van der Waals surface area contributed by atoms with Crippen LogP contribution in [0.15, 0.2) is 18.2 Å². The second kappa shape index (κ2) is 3.61. The Kier molecular flexibility index (Phi) is 2.46. The van der Waals surface area contributed by atoms with E-state index in [1.807, 2.05) is 0 Å². The van der Waals surface area contributed by atoms with Crippen molar-refractivity contribution in [3.63, 3.8) is 0 Å². The maximum absolute atomic E-state index is 13.2. The number of hydrogen-bond acceptors (Lipinski definition) is 1. The molecule has 2 rings (SSSR count). The van der Waals surface area contributed by atoms with Gasteiger partial charge in [-0.15, -0.1) is 0 Å². The Balaban J connectivity index is 2.28. The summed E-state index contributed by atoms with van der Waals surface area (Å²) in [6.45, 7) is 0.209. The molecule has 2 atom stereocenters. The minimum Gasteiger partial charge on any atom is -0.307 e. The zero-order chi connectivity index (χ0) is 10.1.